The number of fused-ring (bicyclic) bond motifs is 1. The van der Waals surface area contributed by atoms with Crippen molar-refractivity contribution in [2.75, 3.05) is 4.90 Å². The van der Waals surface area contributed by atoms with Crippen molar-refractivity contribution >= 4 is 21.6 Å². The van der Waals surface area contributed by atoms with Crippen molar-refractivity contribution < 1.29 is 13.2 Å². The van der Waals surface area contributed by atoms with E-state index in [2.05, 4.69) is 18.6 Å². The molecule has 166 valence electrons. The molecular weight excluding hydrogens is 420 g/mol. The maximum absolute atomic E-state index is 13.1. The van der Waals surface area contributed by atoms with E-state index in [4.69, 9.17) is 0 Å². The first-order valence-corrected chi connectivity index (χ1v) is 12.3. The Kier molecular flexibility index (Phi) is 6.17. The number of sulfonamides is 1. The molecule has 5 nitrogen and oxygen atoms in total. The lowest BCUT2D eigenvalue weighted by Crippen LogP contribution is -2.35. The summed E-state index contributed by atoms with van der Waals surface area (Å²) >= 11 is 0. The topological polar surface area (TPSA) is 66.5 Å². The van der Waals surface area contributed by atoms with Gasteiger partial charge in [0.15, 0.2) is 0 Å². The maximum Gasteiger partial charge on any atom is 0.258 e. The Labute approximate surface area is 190 Å². The van der Waals surface area contributed by atoms with Gasteiger partial charge in [0.05, 0.1) is 4.90 Å². The fourth-order valence-corrected chi connectivity index (χ4v) is 5.10. The molecule has 0 unspecified atom stereocenters. The van der Waals surface area contributed by atoms with E-state index < -0.39 is 10.0 Å². The van der Waals surface area contributed by atoms with Crippen molar-refractivity contribution in [1.29, 1.82) is 0 Å². The number of anilines is 1. The van der Waals surface area contributed by atoms with E-state index >= 15 is 0 Å². The number of benzene rings is 3. The first kappa shape index (κ1) is 22.2. The van der Waals surface area contributed by atoms with Crippen LogP contribution < -0.4 is 9.62 Å². The summed E-state index contributed by atoms with van der Waals surface area (Å²) in [5.74, 6) is 0.301. The second-order valence-electron chi connectivity index (χ2n) is 8.61. The molecule has 1 N–H and O–H groups in total. The van der Waals surface area contributed by atoms with Crippen LogP contribution in [-0.2, 0) is 23.0 Å². The summed E-state index contributed by atoms with van der Waals surface area (Å²) in [6.07, 6.45) is 0.780. The minimum absolute atomic E-state index is 0.0418. The zero-order chi connectivity index (χ0) is 22.9. The van der Waals surface area contributed by atoms with E-state index in [0.717, 1.165) is 28.8 Å². The van der Waals surface area contributed by atoms with Crippen LogP contribution in [0.1, 0.15) is 53.7 Å². The maximum atomic E-state index is 13.1. The Morgan fingerprint density at radius 3 is 2.38 bits per heavy atom. The molecule has 0 saturated heterocycles. The molecule has 1 atom stereocenters. The zero-order valence-electron chi connectivity index (χ0n) is 18.6. The van der Waals surface area contributed by atoms with Crippen LogP contribution in [0.2, 0.25) is 0 Å². The third kappa shape index (κ3) is 4.47. The zero-order valence-corrected chi connectivity index (χ0v) is 19.4. The molecule has 3 aromatic carbocycles. The summed E-state index contributed by atoms with van der Waals surface area (Å²) in [5, 5.41) is 0. The minimum atomic E-state index is -3.63. The van der Waals surface area contributed by atoms with Gasteiger partial charge in [0, 0.05) is 23.8 Å². The van der Waals surface area contributed by atoms with E-state index in [1.54, 1.807) is 12.1 Å². The molecule has 1 heterocycles. The van der Waals surface area contributed by atoms with Crippen molar-refractivity contribution in [2.45, 2.75) is 50.6 Å². The molecule has 1 amide bonds. The molecule has 6 heteroatoms. The highest BCUT2D eigenvalue weighted by Crippen LogP contribution is 2.34. The van der Waals surface area contributed by atoms with Crippen LogP contribution in [0, 0.1) is 0 Å². The molecule has 0 radical (unpaired) electrons. The average molecular weight is 449 g/mol. The Bertz CT molecular complexity index is 1220. The number of hydrogen-bond acceptors (Lipinski definition) is 3. The van der Waals surface area contributed by atoms with Gasteiger partial charge in [-0.15, -0.1) is 0 Å². The normalized spacial score (nSPS) is 15.8. The van der Waals surface area contributed by atoms with Crippen LogP contribution >= 0.6 is 0 Å². The van der Waals surface area contributed by atoms with Gasteiger partial charge in [-0.3, -0.25) is 4.79 Å². The number of carbonyl (C=O) groups is 1. The second-order valence-corrected chi connectivity index (χ2v) is 10.4. The van der Waals surface area contributed by atoms with E-state index in [1.807, 2.05) is 72.5 Å². The van der Waals surface area contributed by atoms with Gasteiger partial charge in [-0.2, -0.15) is 0 Å². The van der Waals surface area contributed by atoms with Crippen molar-refractivity contribution in [1.82, 2.24) is 4.72 Å². The Hall–Kier alpha value is -2.96. The Balaban J connectivity index is 1.53. The van der Waals surface area contributed by atoms with Crippen LogP contribution in [0.5, 0.6) is 0 Å². The van der Waals surface area contributed by atoms with Crippen molar-refractivity contribution in [3.05, 3.63) is 95.1 Å². The van der Waals surface area contributed by atoms with Crippen molar-refractivity contribution in [3.8, 4) is 0 Å². The first-order valence-electron chi connectivity index (χ1n) is 10.9. The van der Waals surface area contributed by atoms with Gasteiger partial charge in [-0.1, -0.05) is 56.3 Å². The summed E-state index contributed by atoms with van der Waals surface area (Å²) in [4.78, 5) is 15.2. The first-order chi connectivity index (χ1) is 15.3. The monoisotopic (exact) mass is 448 g/mol. The number of carbonyl (C=O) groups excluding carboxylic acids is 1. The summed E-state index contributed by atoms with van der Waals surface area (Å²) < 4.78 is 28.2. The second kappa shape index (κ2) is 8.88. The van der Waals surface area contributed by atoms with Crippen molar-refractivity contribution in [2.24, 2.45) is 0 Å². The molecule has 0 fully saturated rings. The fraction of sp³-hybridized carbons (Fsp3) is 0.269. The van der Waals surface area contributed by atoms with E-state index in [1.165, 1.54) is 0 Å². The van der Waals surface area contributed by atoms with Crippen LogP contribution in [0.25, 0.3) is 0 Å². The van der Waals surface area contributed by atoms with Crippen LogP contribution in [-0.4, -0.2) is 20.4 Å². The van der Waals surface area contributed by atoms with Gasteiger partial charge in [0.1, 0.15) is 0 Å². The highest BCUT2D eigenvalue weighted by atomic mass is 32.2. The molecule has 0 saturated carbocycles. The third-order valence-electron chi connectivity index (χ3n) is 5.93. The Morgan fingerprint density at radius 2 is 1.72 bits per heavy atom. The summed E-state index contributed by atoms with van der Waals surface area (Å²) in [6, 6.07) is 22.1. The predicted molar refractivity (Wildman–Crippen MR) is 127 cm³/mol. The summed E-state index contributed by atoms with van der Waals surface area (Å²) in [7, 11) is -3.63. The third-order valence-corrected chi connectivity index (χ3v) is 7.35. The Morgan fingerprint density at radius 1 is 1.03 bits per heavy atom. The lowest BCUT2D eigenvalue weighted by Gasteiger charge is -2.23. The minimum Gasteiger partial charge on any atom is -0.305 e. The van der Waals surface area contributed by atoms with Gasteiger partial charge in [0.25, 0.3) is 5.91 Å². The largest absolute Gasteiger partial charge is 0.305 e. The molecule has 0 spiro atoms. The number of amides is 1. The number of nitrogens with one attached hydrogen (secondary N) is 1. The molecule has 3 aromatic rings. The average Bonchev–Trinajstić information content (AvgIpc) is 3.12. The smallest absolute Gasteiger partial charge is 0.258 e. The molecule has 32 heavy (non-hydrogen) atoms. The van der Waals surface area contributed by atoms with Crippen LogP contribution in [0.3, 0.4) is 0 Å². The van der Waals surface area contributed by atoms with E-state index in [-0.39, 0.29) is 23.4 Å². The van der Waals surface area contributed by atoms with Gasteiger partial charge in [0.2, 0.25) is 10.0 Å². The molecule has 1 aliphatic rings. The van der Waals surface area contributed by atoms with E-state index in [0.29, 0.717) is 11.5 Å². The summed E-state index contributed by atoms with van der Waals surface area (Å²) in [5.41, 5.74) is 4.50. The number of hydrogen-bond donors (Lipinski definition) is 1. The van der Waals surface area contributed by atoms with Gasteiger partial charge >= 0.3 is 0 Å². The van der Waals surface area contributed by atoms with Gasteiger partial charge < -0.3 is 4.90 Å². The van der Waals surface area contributed by atoms with E-state index in [9.17, 15) is 13.2 Å². The van der Waals surface area contributed by atoms with Crippen LogP contribution in [0.4, 0.5) is 5.69 Å². The highest BCUT2D eigenvalue weighted by Gasteiger charge is 2.31. The lowest BCUT2D eigenvalue weighted by atomic mass is 10.0. The predicted octanol–water partition coefficient (Wildman–Crippen LogP) is 4.88. The molecular formula is C26H28N2O3S. The molecule has 0 bridgehead atoms. The standard InChI is InChI=1S/C26H28N2O3S/c1-18(2)21-11-13-24(14-12-21)32(30,31)27-17-20-9-10-23-15-19(3)28(25(23)16-20)26(29)22-7-5-4-6-8-22/h4-14,16,18-19,27H,15,17H2,1-3H3/t19-/m1/s1. The molecule has 4 rings (SSSR count). The van der Waals surface area contributed by atoms with Crippen molar-refractivity contribution in [3.63, 3.8) is 0 Å². The highest BCUT2D eigenvalue weighted by molar-refractivity contribution is 7.89. The van der Waals surface area contributed by atoms with Gasteiger partial charge in [-0.05, 0) is 66.3 Å². The van der Waals surface area contributed by atoms with Gasteiger partial charge in [-0.25, -0.2) is 13.1 Å². The molecule has 0 aromatic heterocycles. The SMILES string of the molecule is CC(C)c1ccc(S(=O)(=O)NCc2ccc3c(c2)N(C(=O)c2ccccc2)[C@H](C)C3)cc1. The molecule has 1 aliphatic heterocycles. The summed E-state index contributed by atoms with van der Waals surface area (Å²) in [6.45, 7) is 6.33. The molecule has 0 aliphatic carbocycles. The number of nitrogens with zero attached hydrogens (tertiary/aromatic N) is 1. The van der Waals surface area contributed by atoms with Crippen LogP contribution in [0.15, 0.2) is 77.7 Å². The number of rotatable bonds is 6. The fourth-order valence-electron chi connectivity index (χ4n) is 4.09. The quantitative estimate of drug-likeness (QED) is 0.584. The lowest BCUT2D eigenvalue weighted by molar-refractivity contribution is 0.0981.